The molecule has 5 aromatic carbocycles. The summed E-state index contributed by atoms with van der Waals surface area (Å²) in [5, 5.41) is 4.24. The first-order chi connectivity index (χ1) is 19.2. The van der Waals surface area contributed by atoms with E-state index in [-0.39, 0.29) is 5.28 Å². The predicted octanol–water partition coefficient (Wildman–Crippen LogP) is 9.32. The van der Waals surface area contributed by atoms with E-state index in [1.165, 1.54) is 0 Å². The van der Waals surface area contributed by atoms with E-state index < -0.39 is 0 Å². The first kappa shape index (κ1) is 22.0. The van der Waals surface area contributed by atoms with E-state index in [1.54, 1.807) is 0 Å². The highest BCUT2D eigenvalue weighted by atomic mass is 35.5. The molecule has 39 heavy (non-hydrogen) atoms. The van der Waals surface area contributed by atoms with Gasteiger partial charge in [-0.1, -0.05) is 72.8 Å². The fourth-order valence-corrected chi connectivity index (χ4v) is 5.41. The highest BCUT2D eigenvalue weighted by Crippen LogP contribution is 2.37. The molecule has 0 saturated carbocycles. The van der Waals surface area contributed by atoms with Gasteiger partial charge in [0.1, 0.15) is 22.3 Å². The minimum absolute atomic E-state index is 0.111. The second-order valence-electron chi connectivity index (χ2n) is 9.42. The lowest BCUT2D eigenvalue weighted by Gasteiger charge is -2.05. The van der Waals surface area contributed by atoms with Gasteiger partial charge in [-0.15, -0.1) is 0 Å². The Balaban J connectivity index is 1.25. The summed E-state index contributed by atoms with van der Waals surface area (Å²) >= 11 is 6.42. The van der Waals surface area contributed by atoms with Crippen LogP contribution in [-0.2, 0) is 0 Å². The van der Waals surface area contributed by atoms with E-state index in [9.17, 15) is 0 Å². The minimum Gasteiger partial charge on any atom is -0.456 e. The maximum atomic E-state index is 6.42. The van der Waals surface area contributed by atoms with E-state index in [0.717, 1.165) is 60.5 Å². The number of nitrogens with zero attached hydrogens (tertiary/aromatic N) is 3. The molecule has 6 heteroatoms. The van der Waals surface area contributed by atoms with Crippen LogP contribution in [0.1, 0.15) is 0 Å². The molecule has 0 aliphatic rings. The van der Waals surface area contributed by atoms with Crippen molar-refractivity contribution in [2.24, 2.45) is 0 Å². The lowest BCUT2D eigenvalue weighted by molar-refractivity contribution is 0.668. The Morgan fingerprint density at radius 1 is 0.462 bits per heavy atom. The number of halogens is 1. The molecule has 3 heterocycles. The van der Waals surface area contributed by atoms with Crippen molar-refractivity contribution in [1.29, 1.82) is 0 Å². The van der Waals surface area contributed by atoms with Crippen molar-refractivity contribution in [3.8, 4) is 33.9 Å². The van der Waals surface area contributed by atoms with Crippen LogP contribution in [0.15, 0.2) is 118 Å². The van der Waals surface area contributed by atoms with Crippen molar-refractivity contribution in [3.63, 3.8) is 0 Å². The third-order valence-electron chi connectivity index (χ3n) is 7.09. The van der Waals surface area contributed by atoms with Crippen LogP contribution >= 0.6 is 11.6 Å². The molecule has 184 valence electrons. The van der Waals surface area contributed by atoms with Gasteiger partial charge in [0.15, 0.2) is 11.6 Å². The second kappa shape index (κ2) is 8.51. The predicted molar refractivity (Wildman–Crippen MR) is 156 cm³/mol. The van der Waals surface area contributed by atoms with E-state index in [2.05, 4.69) is 34.2 Å². The molecule has 0 aliphatic carbocycles. The topological polar surface area (TPSA) is 65.0 Å². The minimum atomic E-state index is 0.111. The number of hydrogen-bond acceptors (Lipinski definition) is 5. The quantitative estimate of drug-likeness (QED) is 0.231. The fraction of sp³-hybridized carbons (Fsp3) is 0. The van der Waals surface area contributed by atoms with Crippen molar-refractivity contribution in [2.45, 2.75) is 0 Å². The maximum Gasteiger partial charge on any atom is 0.226 e. The van der Waals surface area contributed by atoms with Crippen molar-refractivity contribution in [3.05, 3.63) is 114 Å². The third kappa shape index (κ3) is 3.59. The Morgan fingerprint density at radius 3 is 2.13 bits per heavy atom. The zero-order valence-corrected chi connectivity index (χ0v) is 21.2. The third-order valence-corrected chi connectivity index (χ3v) is 7.26. The number of fused-ring (bicyclic) bond motifs is 6. The van der Waals surface area contributed by atoms with Crippen molar-refractivity contribution in [2.75, 3.05) is 0 Å². The summed E-state index contributed by atoms with van der Waals surface area (Å²) in [5.74, 6) is 0.914. The average Bonchev–Trinajstić information content (AvgIpc) is 3.54. The molecule has 3 aromatic heterocycles. The summed E-state index contributed by atoms with van der Waals surface area (Å²) in [4.78, 5) is 13.7. The van der Waals surface area contributed by atoms with Gasteiger partial charge < -0.3 is 8.83 Å². The molecular formula is C33H18ClN3O2. The van der Waals surface area contributed by atoms with Crippen LogP contribution in [0, 0.1) is 0 Å². The molecular weight excluding hydrogens is 506 g/mol. The summed E-state index contributed by atoms with van der Waals surface area (Å²) in [7, 11) is 0. The van der Waals surface area contributed by atoms with Crippen LogP contribution in [-0.4, -0.2) is 15.0 Å². The zero-order chi connectivity index (χ0) is 25.9. The summed E-state index contributed by atoms with van der Waals surface area (Å²) in [6.07, 6.45) is 0. The Morgan fingerprint density at radius 2 is 1.21 bits per heavy atom. The van der Waals surface area contributed by atoms with Crippen molar-refractivity contribution in [1.82, 2.24) is 15.0 Å². The van der Waals surface area contributed by atoms with Crippen molar-refractivity contribution < 1.29 is 8.83 Å². The van der Waals surface area contributed by atoms with Crippen molar-refractivity contribution >= 4 is 55.5 Å². The molecule has 0 unspecified atom stereocenters. The first-order valence-electron chi connectivity index (χ1n) is 12.6. The van der Waals surface area contributed by atoms with Crippen LogP contribution in [0.2, 0.25) is 5.28 Å². The van der Waals surface area contributed by atoms with E-state index in [0.29, 0.717) is 17.2 Å². The molecule has 0 saturated heterocycles. The van der Waals surface area contributed by atoms with E-state index >= 15 is 0 Å². The van der Waals surface area contributed by atoms with Gasteiger partial charge in [0, 0.05) is 27.1 Å². The number of para-hydroxylation sites is 2. The molecule has 0 N–H and O–H groups in total. The molecule has 0 amide bonds. The average molecular weight is 524 g/mol. The number of aromatic nitrogens is 3. The zero-order valence-electron chi connectivity index (χ0n) is 20.4. The highest BCUT2D eigenvalue weighted by molar-refractivity contribution is 6.28. The summed E-state index contributed by atoms with van der Waals surface area (Å²) in [6.45, 7) is 0. The van der Waals surface area contributed by atoms with Gasteiger partial charge >= 0.3 is 0 Å². The Labute approximate surface area is 227 Å². The van der Waals surface area contributed by atoms with Gasteiger partial charge in [-0.05, 0) is 59.1 Å². The summed E-state index contributed by atoms with van der Waals surface area (Å²) in [5.41, 5.74) is 6.96. The SMILES string of the molecule is Clc1nc(-c2ccc3c(c2)oc2ccc(-c4ccccc4)cc23)nc(-c2cccc3c2oc2ccccc23)n1. The molecule has 5 nitrogen and oxygen atoms in total. The van der Waals surface area contributed by atoms with Gasteiger partial charge in [0.05, 0.1) is 5.56 Å². The maximum absolute atomic E-state index is 6.42. The molecule has 0 atom stereocenters. The first-order valence-corrected chi connectivity index (χ1v) is 12.9. The fourth-order valence-electron chi connectivity index (χ4n) is 5.25. The van der Waals surface area contributed by atoms with E-state index in [1.807, 2.05) is 84.9 Å². The molecule has 0 fully saturated rings. The normalized spacial score (nSPS) is 11.7. The van der Waals surface area contributed by atoms with Crippen LogP contribution in [0.4, 0.5) is 0 Å². The summed E-state index contributed by atoms with van der Waals surface area (Å²) < 4.78 is 12.4. The van der Waals surface area contributed by atoms with Crippen LogP contribution in [0.5, 0.6) is 0 Å². The molecule has 8 rings (SSSR count). The van der Waals surface area contributed by atoms with Gasteiger partial charge in [-0.2, -0.15) is 9.97 Å². The summed E-state index contributed by atoms with van der Waals surface area (Å²) in [6, 6.07) is 36.5. The number of rotatable bonds is 3. The Kier molecular flexibility index (Phi) is 4.81. The van der Waals surface area contributed by atoms with Gasteiger partial charge in [-0.25, -0.2) is 4.98 Å². The number of benzene rings is 5. The number of hydrogen-bond donors (Lipinski definition) is 0. The van der Waals surface area contributed by atoms with Gasteiger partial charge in [0.2, 0.25) is 5.28 Å². The lowest BCUT2D eigenvalue weighted by Crippen LogP contribution is -1.97. The lowest BCUT2D eigenvalue weighted by atomic mass is 10.0. The Bertz CT molecular complexity index is 2200. The largest absolute Gasteiger partial charge is 0.456 e. The monoisotopic (exact) mass is 523 g/mol. The number of furan rings is 2. The van der Waals surface area contributed by atoms with Crippen LogP contribution in [0.25, 0.3) is 77.8 Å². The Hall–Kier alpha value is -5.00. The van der Waals surface area contributed by atoms with Gasteiger partial charge in [-0.3, -0.25) is 0 Å². The molecule has 8 aromatic rings. The highest BCUT2D eigenvalue weighted by Gasteiger charge is 2.17. The van der Waals surface area contributed by atoms with Gasteiger partial charge in [0.25, 0.3) is 0 Å². The molecule has 0 radical (unpaired) electrons. The van der Waals surface area contributed by atoms with Crippen LogP contribution in [0.3, 0.4) is 0 Å². The molecule has 0 bridgehead atoms. The second-order valence-corrected chi connectivity index (χ2v) is 9.76. The molecule has 0 aliphatic heterocycles. The molecule has 0 spiro atoms. The van der Waals surface area contributed by atoms with E-state index in [4.69, 9.17) is 25.4 Å². The standard InChI is InChI=1S/C33H18ClN3O2/c34-33-36-31(35-32(37-33)25-11-6-10-24-22-9-4-5-12-27(22)39-30(24)25)21-13-15-23-26-17-20(19-7-2-1-3-8-19)14-16-28(26)38-29(23)18-21/h1-18H. The smallest absolute Gasteiger partial charge is 0.226 e. The van der Waals surface area contributed by atoms with Crippen LogP contribution < -0.4 is 0 Å².